The molecule has 0 aliphatic carbocycles. The highest BCUT2D eigenvalue weighted by Gasteiger charge is 2.16. The van der Waals surface area contributed by atoms with E-state index in [-0.39, 0.29) is 16.5 Å². The van der Waals surface area contributed by atoms with Crippen LogP contribution in [-0.4, -0.2) is 23.1 Å². The van der Waals surface area contributed by atoms with E-state index in [1.807, 2.05) is 28.8 Å². The zero-order chi connectivity index (χ0) is 16.6. The van der Waals surface area contributed by atoms with Crippen molar-refractivity contribution in [2.75, 3.05) is 0 Å². The van der Waals surface area contributed by atoms with E-state index in [0.717, 1.165) is 11.0 Å². The Morgan fingerprint density at radius 3 is 2.70 bits per heavy atom. The Morgan fingerprint density at radius 2 is 2.00 bits per heavy atom. The van der Waals surface area contributed by atoms with E-state index in [1.54, 1.807) is 6.33 Å². The van der Waals surface area contributed by atoms with Crippen LogP contribution in [0.3, 0.4) is 0 Å². The van der Waals surface area contributed by atoms with Crippen LogP contribution < -0.4 is 5.14 Å². The molecule has 120 valence electrons. The summed E-state index contributed by atoms with van der Waals surface area (Å²) in [7, 11) is -3.88. The average molecular weight is 352 g/mol. The number of benzene rings is 2. The molecule has 0 fully saturated rings. The van der Waals surface area contributed by atoms with E-state index in [0.29, 0.717) is 5.56 Å². The summed E-state index contributed by atoms with van der Waals surface area (Å²) in [6, 6.07) is 11.8. The fourth-order valence-corrected chi connectivity index (χ4v) is 3.50. The van der Waals surface area contributed by atoms with Crippen LogP contribution in [0.5, 0.6) is 0 Å². The van der Waals surface area contributed by atoms with Crippen molar-refractivity contribution < 1.29 is 13.5 Å². The second-order valence-electron chi connectivity index (χ2n) is 5.14. The van der Waals surface area contributed by atoms with Gasteiger partial charge in [0, 0.05) is 0 Å². The van der Waals surface area contributed by atoms with Crippen LogP contribution in [0.4, 0.5) is 0 Å². The maximum Gasteiger partial charge on any atom is 0.239 e. The van der Waals surface area contributed by atoms with Crippen LogP contribution in [-0.2, 0) is 16.6 Å². The molecule has 0 bridgehead atoms. The number of nitrogens with zero attached hydrogens (tertiary/aromatic N) is 2. The first-order valence-electron chi connectivity index (χ1n) is 6.76. The normalized spacial score (nSPS) is 13.3. The van der Waals surface area contributed by atoms with Gasteiger partial charge >= 0.3 is 0 Å². The lowest BCUT2D eigenvalue weighted by Gasteiger charge is -2.14. The van der Waals surface area contributed by atoms with Crippen molar-refractivity contribution in [3.05, 3.63) is 59.4 Å². The maximum absolute atomic E-state index is 11.4. The summed E-state index contributed by atoms with van der Waals surface area (Å²) >= 11 is 5.95. The van der Waals surface area contributed by atoms with Crippen LogP contribution in [0.15, 0.2) is 53.7 Å². The molecular weight excluding hydrogens is 338 g/mol. The number of nitrogens with two attached hydrogens (primary N) is 1. The van der Waals surface area contributed by atoms with E-state index in [2.05, 4.69) is 4.98 Å². The highest BCUT2D eigenvalue weighted by molar-refractivity contribution is 7.89. The Morgan fingerprint density at radius 1 is 1.26 bits per heavy atom. The Labute approximate surface area is 138 Å². The summed E-state index contributed by atoms with van der Waals surface area (Å²) in [6.07, 6.45) is 0.786. The first kappa shape index (κ1) is 15.9. The summed E-state index contributed by atoms with van der Waals surface area (Å²) < 4.78 is 24.5. The number of aromatic nitrogens is 2. The second-order valence-corrected chi connectivity index (χ2v) is 7.07. The third-order valence-electron chi connectivity index (χ3n) is 3.54. The van der Waals surface area contributed by atoms with Crippen molar-refractivity contribution in [1.82, 2.24) is 9.55 Å². The van der Waals surface area contributed by atoms with Gasteiger partial charge in [-0.3, -0.25) is 0 Å². The second kappa shape index (κ2) is 5.93. The van der Waals surface area contributed by atoms with E-state index < -0.39 is 16.1 Å². The molecule has 1 heterocycles. The molecule has 0 amide bonds. The van der Waals surface area contributed by atoms with Gasteiger partial charge in [-0.2, -0.15) is 0 Å². The molecule has 1 atom stereocenters. The van der Waals surface area contributed by atoms with E-state index in [9.17, 15) is 13.5 Å². The summed E-state index contributed by atoms with van der Waals surface area (Å²) in [5.74, 6) is 0. The number of para-hydroxylation sites is 2. The molecule has 8 heteroatoms. The van der Waals surface area contributed by atoms with E-state index >= 15 is 0 Å². The van der Waals surface area contributed by atoms with Crippen molar-refractivity contribution in [3.8, 4) is 0 Å². The molecule has 0 radical (unpaired) electrons. The van der Waals surface area contributed by atoms with Crippen molar-refractivity contribution in [3.63, 3.8) is 0 Å². The van der Waals surface area contributed by atoms with Crippen molar-refractivity contribution in [2.45, 2.75) is 17.5 Å². The fourth-order valence-electron chi connectivity index (χ4n) is 2.40. The summed E-state index contributed by atoms with van der Waals surface area (Å²) in [5, 5.41) is 15.4. The van der Waals surface area contributed by atoms with Gasteiger partial charge in [-0.25, -0.2) is 18.5 Å². The molecule has 1 unspecified atom stereocenters. The summed E-state index contributed by atoms with van der Waals surface area (Å²) in [6.45, 7) is 0.269. The molecule has 0 spiro atoms. The Kier molecular flexibility index (Phi) is 4.11. The molecule has 2 aromatic carbocycles. The highest BCUT2D eigenvalue weighted by Crippen LogP contribution is 2.26. The zero-order valence-electron chi connectivity index (χ0n) is 11.9. The largest absolute Gasteiger partial charge is 0.387 e. The summed E-state index contributed by atoms with van der Waals surface area (Å²) in [5.41, 5.74) is 2.24. The van der Waals surface area contributed by atoms with Gasteiger partial charge in [0.2, 0.25) is 10.0 Å². The van der Waals surface area contributed by atoms with Crippen LogP contribution in [0.2, 0.25) is 5.02 Å². The first-order chi connectivity index (χ1) is 10.9. The predicted molar refractivity (Wildman–Crippen MR) is 87.5 cm³/mol. The van der Waals surface area contributed by atoms with Crippen LogP contribution in [0, 0.1) is 0 Å². The molecule has 3 N–H and O–H groups in total. The lowest BCUT2D eigenvalue weighted by atomic mass is 10.1. The number of sulfonamides is 1. The number of fused-ring (bicyclic) bond motifs is 1. The minimum absolute atomic E-state index is 0.0143. The predicted octanol–water partition coefficient (Wildman–Crippen LogP) is 2.07. The van der Waals surface area contributed by atoms with Crippen molar-refractivity contribution in [1.29, 1.82) is 0 Å². The first-order valence-corrected chi connectivity index (χ1v) is 8.69. The standard InChI is InChI=1S/C15H14ClN3O3S/c16-11-7-10(5-6-15(11)23(17,21)22)14(20)8-19-9-18-12-3-1-2-4-13(12)19/h1-7,9,14,20H,8H2,(H2,17,21,22). The number of hydrogen-bond donors (Lipinski definition) is 2. The number of rotatable bonds is 4. The molecule has 0 saturated heterocycles. The SMILES string of the molecule is NS(=O)(=O)c1ccc(C(O)Cn2cnc3ccccc32)cc1Cl. The van der Waals surface area contributed by atoms with Gasteiger partial charge in [0.25, 0.3) is 0 Å². The Hall–Kier alpha value is -1.93. The Bertz CT molecular complexity index is 969. The van der Waals surface area contributed by atoms with Gasteiger partial charge in [-0.1, -0.05) is 29.8 Å². The number of imidazole rings is 1. The smallest absolute Gasteiger partial charge is 0.239 e. The number of aliphatic hydroxyl groups is 1. The molecule has 3 aromatic rings. The maximum atomic E-state index is 11.4. The topological polar surface area (TPSA) is 98.2 Å². The van der Waals surface area contributed by atoms with Gasteiger partial charge in [0.15, 0.2) is 0 Å². The minimum Gasteiger partial charge on any atom is -0.387 e. The average Bonchev–Trinajstić information content (AvgIpc) is 2.89. The molecule has 3 rings (SSSR count). The monoisotopic (exact) mass is 351 g/mol. The highest BCUT2D eigenvalue weighted by atomic mass is 35.5. The van der Waals surface area contributed by atoms with Gasteiger partial charge in [-0.15, -0.1) is 0 Å². The Balaban J connectivity index is 1.89. The lowest BCUT2D eigenvalue weighted by molar-refractivity contribution is 0.158. The number of aliphatic hydroxyl groups excluding tert-OH is 1. The lowest BCUT2D eigenvalue weighted by Crippen LogP contribution is -2.13. The third-order valence-corrected chi connectivity index (χ3v) is 4.94. The molecule has 0 aliphatic heterocycles. The summed E-state index contributed by atoms with van der Waals surface area (Å²) in [4.78, 5) is 4.10. The molecular formula is C15H14ClN3O3S. The third kappa shape index (κ3) is 3.23. The molecule has 0 aliphatic rings. The molecule has 23 heavy (non-hydrogen) atoms. The van der Waals surface area contributed by atoms with E-state index in [4.69, 9.17) is 16.7 Å². The number of halogens is 1. The van der Waals surface area contributed by atoms with Crippen LogP contribution in [0.1, 0.15) is 11.7 Å². The quantitative estimate of drug-likeness (QED) is 0.751. The van der Waals surface area contributed by atoms with Crippen LogP contribution >= 0.6 is 11.6 Å². The van der Waals surface area contributed by atoms with Gasteiger partial charge in [-0.05, 0) is 29.8 Å². The van der Waals surface area contributed by atoms with Gasteiger partial charge in [0.1, 0.15) is 4.90 Å². The fraction of sp³-hybridized carbons (Fsp3) is 0.133. The zero-order valence-corrected chi connectivity index (χ0v) is 13.5. The number of hydrogen-bond acceptors (Lipinski definition) is 4. The van der Waals surface area contributed by atoms with Gasteiger partial charge < -0.3 is 9.67 Å². The molecule has 6 nitrogen and oxygen atoms in total. The van der Waals surface area contributed by atoms with E-state index in [1.165, 1.54) is 18.2 Å². The molecule has 0 saturated carbocycles. The minimum atomic E-state index is -3.88. The molecule has 1 aromatic heterocycles. The number of primary sulfonamides is 1. The van der Waals surface area contributed by atoms with Crippen molar-refractivity contribution in [2.24, 2.45) is 5.14 Å². The van der Waals surface area contributed by atoms with Crippen LogP contribution in [0.25, 0.3) is 11.0 Å². The van der Waals surface area contributed by atoms with Crippen molar-refractivity contribution >= 4 is 32.7 Å². The van der Waals surface area contributed by atoms with Gasteiger partial charge in [0.05, 0.1) is 35.0 Å².